The molecule has 0 fully saturated rings. The molecule has 20 heavy (non-hydrogen) atoms. The van der Waals surface area contributed by atoms with Gasteiger partial charge >= 0.3 is 5.97 Å². The van der Waals surface area contributed by atoms with Crippen LogP contribution in [-0.2, 0) is 9.53 Å². The lowest BCUT2D eigenvalue weighted by Crippen LogP contribution is -2.13. The number of hydrogen-bond donors (Lipinski definition) is 1. The van der Waals surface area contributed by atoms with Gasteiger partial charge in [0.2, 0.25) is 0 Å². The molecule has 6 heteroatoms. The molecule has 0 bridgehead atoms. The van der Waals surface area contributed by atoms with Gasteiger partial charge in [0.15, 0.2) is 5.16 Å². The molecule has 0 spiro atoms. The van der Waals surface area contributed by atoms with Gasteiger partial charge in [-0.25, -0.2) is 4.98 Å². The zero-order valence-electron chi connectivity index (χ0n) is 11.8. The number of imidazole rings is 1. The Kier molecular flexibility index (Phi) is 4.89. The Balaban J connectivity index is 2.02. The number of hydrogen-bond acceptors (Lipinski definition) is 5. The second kappa shape index (κ2) is 6.65. The van der Waals surface area contributed by atoms with Crippen LogP contribution in [0.15, 0.2) is 23.4 Å². The van der Waals surface area contributed by atoms with Crippen LogP contribution in [0.3, 0.4) is 0 Å². The highest BCUT2D eigenvalue weighted by molar-refractivity contribution is 7.99. The molecule has 0 amide bonds. The zero-order chi connectivity index (χ0) is 14.5. The third-order valence-corrected chi connectivity index (χ3v) is 3.28. The number of nitrogens with one attached hydrogen (secondary N) is 1. The summed E-state index contributed by atoms with van der Waals surface area (Å²) >= 11 is 1.33. The second-order valence-corrected chi connectivity index (χ2v) is 5.45. The van der Waals surface area contributed by atoms with Gasteiger partial charge in [0.25, 0.3) is 0 Å². The molecule has 1 N–H and O–H groups in total. The summed E-state index contributed by atoms with van der Waals surface area (Å²) in [5, 5.41) is 0.703. The highest BCUT2D eigenvalue weighted by atomic mass is 32.2. The minimum Gasteiger partial charge on any atom is -0.494 e. The second-order valence-electron chi connectivity index (χ2n) is 4.48. The first-order valence-electron chi connectivity index (χ1n) is 6.53. The van der Waals surface area contributed by atoms with E-state index in [-0.39, 0.29) is 17.8 Å². The molecular formula is C14H18N2O3S. The lowest BCUT2D eigenvalue weighted by Gasteiger charge is -2.06. The van der Waals surface area contributed by atoms with Gasteiger partial charge < -0.3 is 14.5 Å². The Labute approximate surface area is 122 Å². The number of carbonyl (C=O) groups excluding carboxylic acids is 1. The van der Waals surface area contributed by atoms with Gasteiger partial charge in [-0.2, -0.15) is 0 Å². The highest BCUT2D eigenvalue weighted by Crippen LogP contribution is 2.23. The standard InChI is InChI=1S/C14H18N2O3S/c1-4-18-10-5-6-11-12(7-10)16-14(15-11)20-8-13(17)19-9(2)3/h5-7,9H,4,8H2,1-3H3,(H,15,16). The van der Waals surface area contributed by atoms with E-state index in [9.17, 15) is 4.79 Å². The molecule has 108 valence electrons. The smallest absolute Gasteiger partial charge is 0.316 e. The summed E-state index contributed by atoms with van der Waals surface area (Å²) in [7, 11) is 0. The molecule has 1 aromatic carbocycles. The van der Waals surface area contributed by atoms with Crippen molar-refractivity contribution in [2.75, 3.05) is 12.4 Å². The minimum atomic E-state index is -0.236. The molecule has 0 aliphatic carbocycles. The fourth-order valence-corrected chi connectivity index (χ4v) is 2.38. The highest BCUT2D eigenvalue weighted by Gasteiger charge is 2.09. The van der Waals surface area contributed by atoms with Crippen molar-refractivity contribution in [3.05, 3.63) is 18.2 Å². The van der Waals surface area contributed by atoms with Crippen LogP contribution >= 0.6 is 11.8 Å². The number of thioether (sulfide) groups is 1. The molecular weight excluding hydrogens is 276 g/mol. The van der Waals surface area contributed by atoms with Crippen molar-refractivity contribution >= 4 is 28.8 Å². The van der Waals surface area contributed by atoms with Gasteiger partial charge in [-0.3, -0.25) is 4.79 Å². The fourth-order valence-electron chi connectivity index (χ4n) is 1.71. The molecule has 0 unspecified atom stereocenters. The summed E-state index contributed by atoms with van der Waals surface area (Å²) in [6.07, 6.45) is -0.0903. The Bertz CT molecular complexity index is 595. The van der Waals surface area contributed by atoms with E-state index in [1.807, 2.05) is 39.0 Å². The number of rotatable bonds is 6. The van der Waals surface area contributed by atoms with Gasteiger partial charge in [-0.1, -0.05) is 11.8 Å². The number of aromatic nitrogens is 2. The number of carbonyl (C=O) groups is 1. The summed E-state index contributed by atoms with van der Waals surface area (Å²) < 4.78 is 10.5. The first-order chi connectivity index (χ1) is 9.58. The molecule has 0 radical (unpaired) electrons. The van der Waals surface area contributed by atoms with Gasteiger partial charge in [0.05, 0.1) is 29.5 Å². The molecule has 1 aromatic heterocycles. The maximum absolute atomic E-state index is 11.5. The van der Waals surface area contributed by atoms with Crippen molar-refractivity contribution in [3.8, 4) is 5.75 Å². The van der Waals surface area contributed by atoms with Crippen LogP contribution in [0.4, 0.5) is 0 Å². The third kappa shape index (κ3) is 3.90. The van der Waals surface area contributed by atoms with Crippen LogP contribution < -0.4 is 4.74 Å². The summed E-state index contributed by atoms with van der Waals surface area (Å²) in [6.45, 7) is 6.24. The maximum Gasteiger partial charge on any atom is 0.316 e. The van der Waals surface area contributed by atoms with E-state index in [1.165, 1.54) is 11.8 Å². The predicted molar refractivity (Wildman–Crippen MR) is 79.2 cm³/mol. The molecule has 1 heterocycles. The molecule has 2 rings (SSSR count). The van der Waals surface area contributed by atoms with Gasteiger partial charge in [-0.05, 0) is 32.9 Å². The minimum absolute atomic E-state index is 0.0903. The van der Waals surface area contributed by atoms with Gasteiger partial charge in [0, 0.05) is 6.07 Å². The summed E-state index contributed by atoms with van der Waals surface area (Å²) in [5.74, 6) is 0.816. The lowest BCUT2D eigenvalue weighted by atomic mass is 10.3. The number of nitrogens with zero attached hydrogens (tertiary/aromatic N) is 1. The molecule has 0 aliphatic rings. The number of fused-ring (bicyclic) bond motifs is 1. The Hall–Kier alpha value is -1.69. The molecule has 5 nitrogen and oxygen atoms in total. The predicted octanol–water partition coefficient (Wildman–Crippen LogP) is 3.01. The quantitative estimate of drug-likeness (QED) is 0.655. The van der Waals surface area contributed by atoms with Gasteiger partial charge in [0.1, 0.15) is 5.75 Å². The summed E-state index contributed by atoms with van der Waals surface area (Å²) in [5.41, 5.74) is 1.75. The first-order valence-corrected chi connectivity index (χ1v) is 7.52. The number of esters is 1. The number of aromatic amines is 1. The number of benzene rings is 1. The van der Waals surface area contributed by atoms with E-state index in [1.54, 1.807) is 0 Å². The average Bonchev–Trinajstić information content (AvgIpc) is 2.78. The maximum atomic E-state index is 11.5. The Morgan fingerprint density at radius 2 is 2.25 bits per heavy atom. The van der Waals surface area contributed by atoms with Crippen LogP contribution in [0, 0.1) is 0 Å². The number of ether oxygens (including phenoxy) is 2. The van der Waals surface area contributed by atoms with Crippen LogP contribution in [0.5, 0.6) is 5.75 Å². The van der Waals surface area contributed by atoms with Crippen molar-refractivity contribution in [2.45, 2.75) is 32.0 Å². The largest absolute Gasteiger partial charge is 0.494 e. The summed E-state index contributed by atoms with van der Waals surface area (Å²) in [6, 6.07) is 5.68. The van der Waals surface area contributed by atoms with E-state index < -0.39 is 0 Å². The molecule has 0 saturated heterocycles. The van der Waals surface area contributed by atoms with E-state index >= 15 is 0 Å². The third-order valence-electron chi connectivity index (χ3n) is 2.44. The van der Waals surface area contributed by atoms with Crippen LogP contribution in [0.25, 0.3) is 11.0 Å². The van der Waals surface area contributed by atoms with Crippen molar-refractivity contribution in [3.63, 3.8) is 0 Å². The fraction of sp³-hybridized carbons (Fsp3) is 0.429. The first kappa shape index (κ1) is 14.7. The van der Waals surface area contributed by atoms with E-state index in [0.717, 1.165) is 16.8 Å². The lowest BCUT2D eigenvalue weighted by molar-refractivity contribution is -0.144. The van der Waals surface area contributed by atoms with Crippen LogP contribution in [0.1, 0.15) is 20.8 Å². The molecule has 2 aromatic rings. The van der Waals surface area contributed by atoms with Crippen molar-refractivity contribution in [1.82, 2.24) is 9.97 Å². The van der Waals surface area contributed by atoms with Crippen LogP contribution in [0.2, 0.25) is 0 Å². The van der Waals surface area contributed by atoms with Crippen molar-refractivity contribution < 1.29 is 14.3 Å². The topological polar surface area (TPSA) is 64.2 Å². The Morgan fingerprint density at radius 1 is 1.45 bits per heavy atom. The zero-order valence-corrected chi connectivity index (χ0v) is 12.6. The normalized spacial score (nSPS) is 11.0. The van der Waals surface area contributed by atoms with E-state index in [0.29, 0.717) is 11.8 Å². The SMILES string of the molecule is CCOc1ccc2nc(SCC(=O)OC(C)C)[nH]c2c1. The molecule has 0 atom stereocenters. The average molecular weight is 294 g/mol. The number of H-pyrrole nitrogens is 1. The Morgan fingerprint density at radius 3 is 2.95 bits per heavy atom. The summed E-state index contributed by atoms with van der Waals surface area (Å²) in [4.78, 5) is 19.1. The van der Waals surface area contributed by atoms with Gasteiger partial charge in [-0.15, -0.1) is 0 Å². The monoisotopic (exact) mass is 294 g/mol. The van der Waals surface area contributed by atoms with E-state index in [4.69, 9.17) is 9.47 Å². The molecule has 0 saturated carbocycles. The van der Waals surface area contributed by atoms with E-state index in [2.05, 4.69) is 9.97 Å². The molecule has 0 aliphatic heterocycles. The van der Waals surface area contributed by atoms with Crippen LogP contribution in [-0.4, -0.2) is 34.4 Å². The van der Waals surface area contributed by atoms with Crippen molar-refractivity contribution in [2.24, 2.45) is 0 Å². The van der Waals surface area contributed by atoms with Crippen molar-refractivity contribution in [1.29, 1.82) is 0 Å².